The maximum atomic E-state index is 10.7. The number of carboxylic acids is 1. The highest BCUT2D eigenvalue weighted by molar-refractivity contribution is 7.22. The third-order valence-corrected chi connectivity index (χ3v) is 5.76. The number of thiazole rings is 1. The molecule has 7 heteroatoms. The summed E-state index contributed by atoms with van der Waals surface area (Å²) >= 11 is 7.74. The minimum Gasteiger partial charge on any atom is -0.481 e. The molecule has 0 amide bonds. The molecule has 0 radical (unpaired) electrons. The fraction of sp³-hybridized carbons (Fsp3) is 0.529. The van der Waals surface area contributed by atoms with E-state index in [4.69, 9.17) is 21.7 Å². The molecule has 1 N–H and O–H groups in total. The van der Waals surface area contributed by atoms with Crippen LogP contribution in [0.3, 0.4) is 0 Å². The topological polar surface area (TPSA) is 56.7 Å². The number of hydrogen-bond donors (Lipinski definition) is 1. The van der Waals surface area contributed by atoms with Gasteiger partial charge in [0.1, 0.15) is 0 Å². The van der Waals surface area contributed by atoms with Crippen LogP contribution in [0.15, 0.2) is 18.2 Å². The van der Waals surface area contributed by atoms with E-state index < -0.39 is 5.97 Å². The SMILES string of the molecule is CC(CCN1CCN(c2nc3ccc(Cl)cc3s2)CC1)CC(=O)O. The van der Waals surface area contributed by atoms with Crippen LogP contribution in [0.1, 0.15) is 19.8 Å². The van der Waals surface area contributed by atoms with Crippen molar-refractivity contribution in [2.24, 2.45) is 5.92 Å². The first-order valence-electron chi connectivity index (χ1n) is 8.26. The van der Waals surface area contributed by atoms with Gasteiger partial charge in [-0.25, -0.2) is 4.98 Å². The number of anilines is 1. The predicted octanol–water partition coefficient (Wildman–Crippen LogP) is 3.57. The van der Waals surface area contributed by atoms with Gasteiger partial charge in [0, 0.05) is 37.6 Å². The smallest absolute Gasteiger partial charge is 0.303 e. The number of halogens is 1. The number of fused-ring (bicyclic) bond motifs is 1. The standard InChI is InChI=1S/C17H22ClN3O2S/c1-12(10-16(22)23)4-5-20-6-8-21(9-7-20)17-19-14-3-2-13(18)11-15(14)24-17/h2-3,11-12H,4-10H2,1H3,(H,22,23). The summed E-state index contributed by atoms with van der Waals surface area (Å²) in [7, 11) is 0. The van der Waals surface area contributed by atoms with Crippen molar-refractivity contribution >= 4 is 44.3 Å². The molecule has 5 nitrogen and oxygen atoms in total. The van der Waals surface area contributed by atoms with Crippen LogP contribution in [-0.2, 0) is 4.79 Å². The summed E-state index contributed by atoms with van der Waals surface area (Å²) < 4.78 is 1.13. The van der Waals surface area contributed by atoms with Crippen LogP contribution in [0, 0.1) is 5.92 Å². The van der Waals surface area contributed by atoms with E-state index in [0.717, 1.165) is 59.5 Å². The number of hydrogen-bond acceptors (Lipinski definition) is 5. The Bertz CT molecular complexity index is 713. The number of aliphatic carboxylic acids is 1. The molecule has 2 aromatic rings. The summed E-state index contributed by atoms with van der Waals surface area (Å²) in [5.74, 6) is -0.474. The monoisotopic (exact) mass is 367 g/mol. The van der Waals surface area contributed by atoms with Crippen molar-refractivity contribution in [1.82, 2.24) is 9.88 Å². The Morgan fingerprint density at radius 1 is 1.38 bits per heavy atom. The van der Waals surface area contributed by atoms with Crippen LogP contribution >= 0.6 is 22.9 Å². The van der Waals surface area contributed by atoms with E-state index in [1.807, 2.05) is 25.1 Å². The van der Waals surface area contributed by atoms with E-state index >= 15 is 0 Å². The van der Waals surface area contributed by atoms with E-state index in [-0.39, 0.29) is 12.3 Å². The lowest BCUT2D eigenvalue weighted by Gasteiger charge is -2.34. The molecule has 1 aliphatic heterocycles. The molecule has 1 saturated heterocycles. The van der Waals surface area contributed by atoms with E-state index in [2.05, 4.69) is 9.80 Å². The van der Waals surface area contributed by atoms with Crippen LogP contribution < -0.4 is 4.90 Å². The maximum Gasteiger partial charge on any atom is 0.303 e. The highest BCUT2D eigenvalue weighted by Gasteiger charge is 2.20. The summed E-state index contributed by atoms with van der Waals surface area (Å²) in [6.45, 7) is 6.89. The lowest BCUT2D eigenvalue weighted by molar-refractivity contribution is -0.138. The Balaban J connectivity index is 1.51. The summed E-state index contributed by atoms with van der Waals surface area (Å²) in [6, 6.07) is 5.82. The van der Waals surface area contributed by atoms with E-state index in [9.17, 15) is 4.79 Å². The number of carboxylic acid groups (broad SMARTS) is 1. The van der Waals surface area contributed by atoms with Crippen molar-refractivity contribution in [3.8, 4) is 0 Å². The lowest BCUT2D eigenvalue weighted by Crippen LogP contribution is -2.46. The van der Waals surface area contributed by atoms with Gasteiger partial charge in [0.15, 0.2) is 5.13 Å². The zero-order chi connectivity index (χ0) is 17.1. The molecular formula is C17H22ClN3O2S. The predicted molar refractivity (Wildman–Crippen MR) is 99.3 cm³/mol. The molecule has 1 fully saturated rings. The second-order valence-corrected chi connectivity index (χ2v) is 7.87. The van der Waals surface area contributed by atoms with Gasteiger partial charge in [0.25, 0.3) is 0 Å². The van der Waals surface area contributed by atoms with E-state index in [1.165, 1.54) is 0 Å². The van der Waals surface area contributed by atoms with Crippen molar-refractivity contribution in [2.45, 2.75) is 19.8 Å². The summed E-state index contributed by atoms with van der Waals surface area (Å²) in [4.78, 5) is 20.2. The minimum absolute atomic E-state index is 0.231. The maximum absolute atomic E-state index is 10.7. The van der Waals surface area contributed by atoms with Gasteiger partial charge in [-0.15, -0.1) is 0 Å². The van der Waals surface area contributed by atoms with Crippen molar-refractivity contribution in [2.75, 3.05) is 37.6 Å². The molecule has 0 bridgehead atoms. The zero-order valence-electron chi connectivity index (χ0n) is 13.7. The molecule has 1 atom stereocenters. The van der Waals surface area contributed by atoms with Crippen LogP contribution in [0.4, 0.5) is 5.13 Å². The zero-order valence-corrected chi connectivity index (χ0v) is 15.3. The molecule has 24 heavy (non-hydrogen) atoms. The first kappa shape index (κ1) is 17.5. The third kappa shape index (κ3) is 4.37. The molecule has 0 aliphatic carbocycles. The largest absolute Gasteiger partial charge is 0.481 e. The molecule has 0 saturated carbocycles. The molecular weight excluding hydrogens is 346 g/mol. The molecule has 2 heterocycles. The van der Waals surface area contributed by atoms with Crippen LogP contribution in [-0.4, -0.2) is 53.7 Å². The summed E-state index contributed by atoms with van der Waals surface area (Å²) in [6.07, 6.45) is 1.19. The Morgan fingerprint density at radius 2 is 2.12 bits per heavy atom. The average molecular weight is 368 g/mol. The third-order valence-electron chi connectivity index (χ3n) is 4.44. The van der Waals surface area contributed by atoms with E-state index in [0.29, 0.717) is 0 Å². The molecule has 0 spiro atoms. The van der Waals surface area contributed by atoms with Crippen molar-refractivity contribution < 1.29 is 9.90 Å². The Kier molecular flexibility index (Phi) is 5.58. The first-order valence-corrected chi connectivity index (χ1v) is 9.46. The molecule has 1 aromatic carbocycles. The fourth-order valence-electron chi connectivity index (χ4n) is 2.99. The van der Waals surface area contributed by atoms with Gasteiger partial charge in [-0.1, -0.05) is 29.9 Å². The first-order chi connectivity index (χ1) is 11.5. The van der Waals surface area contributed by atoms with Gasteiger partial charge in [-0.05, 0) is 37.1 Å². The Labute approximate surface area is 150 Å². The van der Waals surface area contributed by atoms with Crippen LogP contribution in [0.25, 0.3) is 10.2 Å². The van der Waals surface area contributed by atoms with Crippen LogP contribution in [0.5, 0.6) is 0 Å². The highest BCUT2D eigenvalue weighted by Crippen LogP contribution is 2.31. The second kappa shape index (κ2) is 7.68. The second-order valence-electron chi connectivity index (χ2n) is 6.43. The quantitative estimate of drug-likeness (QED) is 0.845. The Hall–Kier alpha value is -1.37. The van der Waals surface area contributed by atoms with Crippen molar-refractivity contribution in [3.05, 3.63) is 23.2 Å². The number of aromatic nitrogens is 1. The summed E-state index contributed by atoms with van der Waals surface area (Å²) in [5.41, 5.74) is 1.00. The number of benzene rings is 1. The van der Waals surface area contributed by atoms with Gasteiger partial charge in [0.2, 0.25) is 0 Å². The van der Waals surface area contributed by atoms with E-state index in [1.54, 1.807) is 11.3 Å². The molecule has 1 aromatic heterocycles. The minimum atomic E-state index is -0.705. The van der Waals surface area contributed by atoms with Gasteiger partial charge >= 0.3 is 5.97 Å². The van der Waals surface area contributed by atoms with Gasteiger partial charge in [0.05, 0.1) is 10.2 Å². The van der Waals surface area contributed by atoms with Gasteiger partial charge in [-0.3, -0.25) is 9.69 Å². The highest BCUT2D eigenvalue weighted by atomic mass is 35.5. The number of carbonyl (C=O) groups is 1. The molecule has 1 unspecified atom stereocenters. The normalized spacial score (nSPS) is 17.3. The van der Waals surface area contributed by atoms with Gasteiger partial charge < -0.3 is 10.0 Å². The van der Waals surface area contributed by atoms with Crippen molar-refractivity contribution in [3.63, 3.8) is 0 Å². The fourth-order valence-corrected chi connectivity index (χ4v) is 4.28. The number of rotatable bonds is 6. The van der Waals surface area contributed by atoms with Crippen LogP contribution in [0.2, 0.25) is 5.02 Å². The molecule has 1 aliphatic rings. The average Bonchev–Trinajstić information content (AvgIpc) is 2.96. The molecule has 130 valence electrons. The number of nitrogens with zero attached hydrogens (tertiary/aromatic N) is 3. The number of piperazine rings is 1. The molecule has 3 rings (SSSR count). The lowest BCUT2D eigenvalue weighted by atomic mass is 10.0. The van der Waals surface area contributed by atoms with Crippen molar-refractivity contribution in [1.29, 1.82) is 0 Å². The summed E-state index contributed by atoms with van der Waals surface area (Å²) in [5, 5.41) is 10.6. The van der Waals surface area contributed by atoms with Gasteiger partial charge in [-0.2, -0.15) is 0 Å². The Morgan fingerprint density at radius 3 is 2.83 bits per heavy atom.